The van der Waals surface area contributed by atoms with Crippen LogP contribution in [-0.4, -0.2) is 4.57 Å². The molecule has 0 fully saturated rings. The quantitative estimate of drug-likeness (QED) is 0.180. The van der Waals surface area contributed by atoms with Gasteiger partial charge in [0.15, 0.2) is 0 Å². The third-order valence-corrected chi connectivity index (χ3v) is 11.0. The molecule has 0 radical (unpaired) electrons. The van der Waals surface area contributed by atoms with Crippen molar-refractivity contribution >= 4 is 49.6 Å². The zero-order valence-electron chi connectivity index (χ0n) is 28.7. The van der Waals surface area contributed by atoms with Crippen molar-refractivity contribution in [1.82, 2.24) is 4.57 Å². The first kappa shape index (κ1) is 29.5. The fourth-order valence-electron chi connectivity index (χ4n) is 8.40. The number of fused-ring (bicyclic) bond motifs is 7. The number of nitrogens with zero attached hydrogens (tertiary/aromatic N) is 2. The van der Waals surface area contributed by atoms with Crippen molar-refractivity contribution < 1.29 is 0 Å². The fourth-order valence-corrected chi connectivity index (χ4v) is 8.40. The molecule has 2 nitrogen and oxygen atoms in total. The minimum Gasteiger partial charge on any atom is -0.310 e. The van der Waals surface area contributed by atoms with Crippen LogP contribution in [0.1, 0.15) is 25.0 Å². The Balaban J connectivity index is 1.12. The molecule has 2 heteroatoms. The van der Waals surface area contributed by atoms with E-state index in [9.17, 15) is 0 Å². The highest BCUT2D eigenvalue weighted by atomic mass is 15.1. The molecule has 51 heavy (non-hydrogen) atoms. The van der Waals surface area contributed by atoms with Crippen LogP contribution >= 0.6 is 0 Å². The molecule has 0 amide bonds. The van der Waals surface area contributed by atoms with Gasteiger partial charge in [0.2, 0.25) is 0 Å². The first-order valence-electron chi connectivity index (χ1n) is 17.8. The molecule has 1 heterocycles. The Hall–Kier alpha value is -6.38. The van der Waals surface area contributed by atoms with E-state index in [2.05, 4.69) is 205 Å². The van der Waals surface area contributed by atoms with Crippen LogP contribution in [0.15, 0.2) is 182 Å². The summed E-state index contributed by atoms with van der Waals surface area (Å²) in [4.78, 5) is 2.40. The van der Waals surface area contributed by atoms with Crippen molar-refractivity contribution in [2.24, 2.45) is 0 Å². The summed E-state index contributed by atoms with van der Waals surface area (Å²) in [6.07, 6.45) is 0. The molecule has 1 aliphatic rings. The second kappa shape index (κ2) is 11.3. The average molecular weight is 653 g/mol. The van der Waals surface area contributed by atoms with E-state index in [4.69, 9.17) is 0 Å². The van der Waals surface area contributed by atoms with E-state index in [1.54, 1.807) is 0 Å². The van der Waals surface area contributed by atoms with Crippen LogP contribution in [0.2, 0.25) is 0 Å². The van der Waals surface area contributed by atoms with Gasteiger partial charge in [-0.3, -0.25) is 0 Å². The van der Waals surface area contributed by atoms with Crippen LogP contribution in [-0.2, 0) is 5.41 Å². The lowest BCUT2D eigenvalue weighted by molar-refractivity contribution is 0.660. The minimum absolute atomic E-state index is 0.0880. The molecular formula is C49H36N2. The Labute approximate surface area is 298 Å². The van der Waals surface area contributed by atoms with Gasteiger partial charge in [-0.25, -0.2) is 0 Å². The summed E-state index contributed by atoms with van der Waals surface area (Å²) in [5, 5.41) is 5.05. The fraction of sp³-hybridized carbons (Fsp3) is 0.0612. The predicted octanol–water partition coefficient (Wildman–Crippen LogP) is 13.4. The minimum atomic E-state index is -0.0880. The first-order chi connectivity index (χ1) is 25.0. The number of benzene rings is 8. The Morgan fingerprint density at radius 1 is 0.412 bits per heavy atom. The van der Waals surface area contributed by atoms with E-state index < -0.39 is 0 Å². The van der Waals surface area contributed by atoms with Crippen LogP contribution in [0.4, 0.5) is 17.1 Å². The summed E-state index contributed by atoms with van der Waals surface area (Å²) in [7, 11) is 0. The predicted molar refractivity (Wildman–Crippen MR) is 216 cm³/mol. The van der Waals surface area contributed by atoms with Gasteiger partial charge in [-0.1, -0.05) is 129 Å². The lowest BCUT2D eigenvalue weighted by Gasteiger charge is -2.28. The van der Waals surface area contributed by atoms with Crippen molar-refractivity contribution in [2.75, 3.05) is 4.90 Å². The normalized spacial score (nSPS) is 13.1. The second-order valence-electron chi connectivity index (χ2n) is 14.2. The Morgan fingerprint density at radius 2 is 1.00 bits per heavy atom. The van der Waals surface area contributed by atoms with Gasteiger partial charge < -0.3 is 9.47 Å². The summed E-state index contributed by atoms with van der Waals surface area (Å²) >= 11 is 0. The Morgan fingerprint density at radius 3 is 1.78 bits per heavy atom. The zero-order chi connectivity index (χ0) is 34.1. The molecular weight excluding hydrogens is 617 g/mol. The van der Waals surface area contributed by atoms with E-state index in [1.807, 2.05) is 0 Å². The number of aromatic nitrogens is 1. The van der Waals surface area contributed by atoms with Gasteiger partial charge in [-0.05, 0) is 111 Å². The van der Waals surface area contributed by atoms with Gasteiger partial charge in [0.25, 0.3) is 0 Å². The molecule has 8 aromatic carbocycles. The highest BCUT2D eigenvalue weighted by Gasteiger charge is 2.35. The van der Waals surface area contributed by atoms with Crippen molar-refractivity contribution in [3.05, 3.63) is 193 Å². The van der Waals surface area contributed by atoms with E-state index in [0.29, 0.717) is 0 Å². The van der Waals surface area contributed by atoms with Gasteiger partial charge >= 0.3 is 0 Å². The van der Waals surface area contributed by atoms with Crippen molar-refractivity contribution in [3.8, 4) is 27.9 Å². The van der Waals surface area contributed by atoms with E-state index >= 15 is 0 Å². The van der Waals surface area contributed by atoms with Gasteiger partial charge in [-0.15, -0.1) is 0 Å². The third kappa shape index (κ3) is 4.64. The number of rotatable bonds is 5. The Kier molecular flexibility index (Phi) is 6.56. The zero-order valence-corrected chi connectivity index (χ0v) is 28.7. The second-order valence-corrected chi connectivity index (χ2v) is 14.2. The summed E-state index contributed by atoms with van der Waals surface area (Å²) in [6, 6.07) is 66.6. The summed E-state index contributed by atoms with van der Waals surface area (Å²) < 4.78 is 2.41. The van der Waals surface area contributed by atoms with Gasteiger partial charge in [0.05, 0.1) is 11.0 Å². The number of hydrogen-bond donors (Lipinski definition) is 0. The topological polar surface area (TPSA) is 8.17 Å². The standard InChI is InChI=1S/C49H36N2/c1-49(2)45-18-10-8-16-41(45)42-29-28-40(32-46(42)49)50(37-22-20-34(21-23-37)33-12-4-3-5-13-33)38-24-26-39(27-25-38)51-47-19-11-9-17-43(47)44-30-35-14-6-7-15-36(35)31-48(44)51/h3-32H,1-2H3. The molecule has 1 aromatic heterocycles. The SMILES string of the molecule is CC1(C)c2ccccc2-c2ccc(N(c3ccc(-c4ccccc4)cc3)c3ccc(-n4c5ccccc5c5cc6ccccc6cc54)cc3)cc21. The maximum Gasteiger partial charge on any atom is 0.0547 e. The van der Waals surface area contributed by atoms with Crippen LogP contribution in [0.5, 0.6) is 0 Å². The van der Waals surface area contributed by atoms with Crippen LogP contribution in [0.25, 0.3) is 60.5 Å². The van der Waals surface area contributed by atoms with E-state index in [1.165, 1.54) is 66.0 Å². The first-order valence-corrected chi connectivity index (χ1v) is 17.8. The molecule has 0 bridgehead atoms. The molecule has 9 aromatic rings. The molecule has 1 aliphatic carbocycles. The van der Waals surface area contributed by atoms with Gasteiger partial charge in [0.1, 0.15) is 0 Å². The lowest BCUT2D eigenvalue weighted by Crippen LogP contribution is -2.16. The monoisotopic (exact) mass is 652 g/mol. The molecule has 0 aliphatic heterocycles. The Bertz CT molecular complexity index is 2750. The molecule has 0 N–H and O–H groups in total. The third-order valence-electron chi connectivity index (χ3n) is 11.0. The van der Waals surface area contributed by atoms with Gasteiger partial charge in [0, 0.05) is 38.9 Å². The molecule has 10 rings (SSSR count). The van der Waals surface area contributed by atoms with Gasteiger partial charge in [-0.2, -0.15) is 0 Å². The molecule has 0 atom stereocenters. The highest BCUT2D eigenvalue weighted by Crippen LogP contribution is 2.50. The van der Waals surface area contributed by atoms with Crippen LogP contribution < -0.4 is 4.90 Å². The smallest absolute Gasteiger partial charge is 0.0547 e. The number of hydrogen-bond acceptors (Lipinski definition) is 1. The molecule has 0 spiro atoms. The maximum absolute atomic E-state index is 2.41. The summed E-state index contributed by atoms with van der Waals surface area (Å²) in [6.45, 7) is 4.70. The maximum atomic E-state index is 2.41. The van der Waals surface area contributed by atoms with Crippen molar-refractivity contribution in [1.29, 1.82) is 0 Å². The average Bonchev–Trinajstić information content (AvgIpc) is 3.62. The number of anilines is 3. The summed E-state index contributed by atoms with van der Waals surface area (Å²) in [5.74, 6) is 0. The molecule has 0 saturated heterocycles. The van der Waals surface area contributed by atoms with Crippen LogP contribution in [0, 0.1) is 0 Å². The highest BCUT2D eigenvalue weighted by molar-refractivity contribution is 6.13. The van der Waals surface area contributed by atoms with Crippen molar-refractivity contribution in [2.45, 2.75) is 19.3 Å². The summed E-state index contributed by atoms with van der Waals surface area (Å²) in [5.41, 5.74) is 14.7. The molecule has 0 unspecified atom stereocenters. The van der Waals surface area contributed by atoms with E-state index in [-0.39, 0.29) is 5.41 Å². The molecule has 242 valence electrons. The number of para-hydroxylation sites is 1. The molecule has 0 saturated carbocycles. The van der Waals surface area contributed by atoms with Crippen molar-refractivity contribution in [3.63, 3.8) is 0 Å². The van der Waals surface area contributed by atoms with E-state index in [0.717, 1.165) is 22.7 Å². The van der Waals surface area contributed by atoms with Crippen LogP contribution in [0.3, 0.4) is 0 Å². The lowest BCUT2D eigenvalue weighted by atomic mass is 9.82. The largest absolute Gasteiger partial charge is 0.310 e.